The van der Waals surface area contributed by atoms with E-state index in [9.17, 15) is 18.0 Å². The number of alkyl halides is 3. The van der Waals surface area contributed by atoms with Gasteiger partial charge in [0.15, 0.2) is 5.12 Å². The minimum atomic E-state index is -4.45. The number of halogens is 3. The lowest BCUT2D eigenvalue weighted by atomic mass is 10.1. The number of carbonyl (C=O) groups is 1. The topological polar surface area (TPSA) is 26.3 Å². The van der Waals surface area contributed by atoms with Crippen molar-refractivity contribution in [3.8, 4) is 17.6 Å². The molecule has 6 heteroatoms. The Morgan fingerprint density at radius 1 is 1.37 bits per heavy atom. The summed E-state index contributed by atoms with van der Waals surface area (Å²) in [4.78, 5) is 10.7. The number of thioether (sulfide) groups is 1. The summed E-state index contributed by atoms with van der Waals surface area (Å²) in [5, 5.41) is -0.0871. The SMILES string of the molecule is COc1cc(C#CCSC(C)=O)cc(C(F)(F)F)c1. The molecule has 19 heavy (non-hydrogen) atoms. The van der Waals surface area contributed by atoms with Crippen LogP contribution in [-0.2, 0) is 11.0 Å². The molecule has 0 saturated carbocycles. The average Bonchev–Trinajstić information content (AvgIpc) is 2.33. The molecule has 1 aromatic rings. The van der Waals surface area contributed by atoms with Crippen molar-refractivity contribution < 1.29 is 22.7 Å². The Kier molecular flexibility index (Phi) is 5.31. The van der Waals surface area contributed by atoms with E-state index in [-0.39, 0.29) is 22.2 Å². The third-order valence-electron chi connectivity index (χ3n) is 2.05. The van der Waals surface area contributed by atoms with Crippen LogP contribution in [0, 0.1) is 11.8 Å². The molecular formula is C13H11F3O2S. The Hall–Kier alpha value is -1.61. The Balaban J connectivity index is 2.97. The fourth-order valence-corrected chi connectivity index (χ4v) is 1.58. The standard InChI is InChI=1S/C13H11F3O2S/c1-9(17)19-5-3-4-10-6-11(13(14,15)16)8-12(7-10)18-2/h6-8H,5H2,1-2H3. The monoisotopic (exact) mass is 288 g/mol. The van der Waals surface area contributed by atoms with Gasteiger partial charge in [0.1, 0.15) is 5.75 Å². The zero-order valence-electron chi connectivity index (χ0n) is 10.3. The summed E-state index contributed by atoms with van der Waals surface area (Å²) in [6.45, 7) is 1.40. The van der Waals surface area contributed by atoms with Crippen LogP contribution >= 0.6 is 11.8 Å². The van der Waals surface area contributed by atoms with Crippen molar-refractivity contribution in [3.05, 3.63) is 29.3 Å². The minimum absolute atomic E-state index is 0.0871. The van der Waals surface area contributed by atoms with E-state index in [0.29, 0.717) is 0 Å². The van der Waals surface area contributed by atoms with E-state index in [1.807, 2.05) is 0 Å². The quantitative estimate of drug-likeness (QED) is 0.781. The molecule has 0 aliphatic rings. The molecule has 0 aliphatic heterocycles. The van der Waals surface area contributed by atoms with Crippen molar-refractivity contribution in [2.75, 3.05) is 12.9 Å². The van der Waals surface area contributed by atoms with Crippen molar-refractivity contribution >= 4 is 16.9 Å². The molecule has 0 fully saturated rings. The number of rotatable bonds is 2. The molecule has 0 saturated heterocycles. The lowest BCUT2D eigenvalue weighted by molar-refractivity contribution is -0.137. The van der Waals surface area contributed by atoms with E-state index in [1.54, 1.807) is 0 Å². The summed E-state index contributed by atoms with van der Waals surface area (Å²) < 4.78 is 42.7. The maximum Gasteiger partial charge on any atom is 0.416 e. The number of methoxy groups -OCH3 is 1. The van der Waals surface area contributed by atoms with Crippen LogP contribution in [0.4, 0.5) is 13.2 Å². The summed E-state index contributed by atoms with van der Waals surface area (Å²) in [6, 6.07) is 3.28. The van der Waals surface area contributed by atoms with Crippen LogP contribution in [0.5, 0.6) is 5.75 Å². The number of hydrogen-bond acceptors (Lipinski definition) is 3. The minimum Gasteiger partial charge on any atom is -0.497 e. The molecule has 0 N–H and O–H groups in total. The van der Waals surface area contributed by atoms with Gasteiger partial charge in [-0.15, -0.1) is 0 Å². The summed E-state index contributed by atoms with van der Waals surface area (Å²) in [7, 11) is 1.29. The summed E-state index contributed by atoms with van der Waals surface area (Å²) in [6.07, 6.45) is -4.45. The van der Waals surface area contributed by atoms with Crippen molar-refractivity contribution in [2.24, 2.45) is 0 Å². The van der Waals surface area contributed by atoms with E-state index in [0.717, 1.165) is 23.9 Å². The predicted molar refractivity (Wildman–Crippen MR) is 68.0 cm³/mol. The van der Waals surface area contributed by atoms with Gasteiger partial charge in [-0.25, -0.2) is 0 Å². The number of ether oxygens (including phenoxy) is 1. The molecule has 0 unspecified atom stereocenters. The second kappa shape index (κ2) is 6.53. The number of hydrogen-bond donors (Lipinski definition) is 0. The van der Waals surface area contributed by atoms with Gasteiger partial charge in [0.05, 0.1) is 18.4 Å². The largest absolute Gasteiger partial charge is 0.497 e. The molecule has 0 bridgehead atoms. The first-order valence-electron chi connectivity index (χ1n) is 5.21. The fourth-order valence-electron chi connectivity index (χ4n) is 1.23. The smallest absolute Gasteiger partial charge is 0.416 e. The molecule has 0 atom stereocenters. The Bertz CT molecular complexity index is 527. The lowest BCUT2D eigenvalue weighted by Gasteiger charge is -2.09. The molecule has 1 rings (SSSR count). The van der Waals surface area contributed by atoms with Gasteiger partial charge in [0.2, 0.25) is 0 Å². The van der Waals surface area contributed by atoms with Crippen LogP contribution in [-0.4, -0.2) is 18.0 Å². The van der Waals surface area contributed by atoms with Crippen molar-refractivity contribution in [1.29, 1.82) is 0 Å². The Labute approximate surface area is 113 Å². The lowest BCUT2D eigenvalue weighted by Crippen LogP contribution is -2.05. The zero-order chi connectivity index (χ0) is 14.5. The summed E-state index contributed by atoms with van der Waals surface area (Å²) in [5.74, 6) is 5.56. The first kappa shape index (κ1) is 15.4. The van der Waals surface area contributed by atoms with E-state index in [4.69, 9.17) is 4.74 Å². The van der Waals surface area contributed by atoms with Crippen LogP contribution in [0.25, 0.3) is 0 Å². The van der Waals surface area contributed by atoms with Crippen LogP contribution in [0.15, 0.2) is 18.2 Å². The molecular weight excluding hydrogens is 277 g/mol. The molecule has 0 aliphatic carbocycles. The van der Waals surface area contributed by atoms with Gasteiger partial charge in [0, 0.05) is 12.5 Å². The van der Waals surface area contributed by atoms with Crippen LogP contribution < -0.4 is 4.74 Å². The first-order valence-corrected chi connectivity index (χ1v) is 6.20. The highest BCUT2D eigenvalue weighted by molar-refractivity contribution is 8.13. The van der Waals surface area contributed by atoms with Crippen molar-refractivity contribution in [3.63, 3.8) is 0 Å². The highest BCUT2D eigenvalue weighted by Crippen LogP contribution is 2.32. The number of benzene rings is 1. The highest BCUT2D eigenvalue weighted by Gasteiger charge is 2.31. The number of carbonyl (C=O) groups excluding carboxylic acids is 1. The second-order valence-corrected chi connectivity index (χ2v) is 4.68. The molecule has 1 aromatic carbocycles. The summed E-state index contributed by atoms with van der Waals surface area (Å²) in [5.41, 5.74) is -0.605. The van der Waals surface area contributed by atoms with Gasteiger partial charge < -0.3 is 4.74 Å². The first-order chi connectivity index (χ1) is 8.82. The molecule has 0 spiro atoms. The zero-order valence-corrected chi connectivity index (χ0v) is 11.1. The third kappa shape index (κ3) is 5.26. The fraction of sp³-hybridized carbons (Fsp3) is 0.308. The highest BCUT2D eigenvalue weighted by atomic mass is 32.2. The van der Waals surface area contributed by atoms with E-state index < -0.39 is 11.7 Å². The summed E-state index contributed by atoms with van der Waals surface area (Å²) >= 11 is 1.00. The molecule has 0 aromatic heterocycles. The van der Waals surface area contributed by atoms with Crippen LogP contribution in [0.2, 0.25) is 0 Å². The van der Waals surface area contributed by atoms with Gasteiger partial charge in [-0.05, 0) is 18.2 Å². The normalized spacial score (nSPS) is 10.6. The van der Waals surface area contributed by atoms with Gasteiger partial charge in [-0.3, -0.25) is 4.79 Å². The van der Waals surface area contributed by atoms with Gasteiger partial charge in [0.25, 0.3) is 0 Å². The predicted octanol–water partition coefficient (Wildman–Crippen LogP) is 3.35. The molecule has 0 heterocycles. The maximum absolute atomic E-state index is 12.6. The van der Waals surface area contributed by atoms with Gasteiger partial charge in [-0.1, -0.05) is 23.6 Å². The molecule has 0 radical (unpaired) electrons. The molecule has 2 nitrogen and oxygen atoms in total. The second-order valence-electron chi connectivity index (χ2n) is 3.53. The van der Waals surface area contributed by atoms with Crippen molar-refractivity contribution in [1.82, 2.24) is 0 Å². The van der Waals surface area contributed by atoms with E-state index in [1.165, 1.54) is 20.1 Å². The average molecular weight is 288 g/mol. The van der Waals surface area contributed by atoms with Crippen LogP contribution in [0.3, 0.4) is 0 Å². The Morgan fingerprint density at radius 3 is 2.58 bits per heavy atom. The third-order valence-corrected chi connectivity index (χ3v) is 2.75. The van der Waals surface area contributed by atoms with Crippen molar-refractivity contribution in [2.45, 2.75) is 13.1 Å². The van der Waals surface area contributed by atoms with E-state index >= 15 is 0 Å². The van der Waals surface area contributed by atoms with Gasteiger partial charge in [-0.2, -0.15) is 13.2 Å². The molecule has 0 amide bonds. The molecule has 102 valence electrons. The Morgan fingerprint density at radius 2 is 2.05 bits per heavy atom. The van der Waals surface area contributed by atoms with Gasteiger partial charge >= 0.3 is 6.18 Å². The maximum atomic E-state index is 12.6. The van der Waals surface area contributed by atoms with Crippen LogP contribution in [0.1, 0.15) is 18.1 Å². The van der Waals surface area contributed by atoms with E-state index in [2.05, 4.69) is 11.8 Å².